The van der Waals surface area contributed by atoms with Crippen LogP contribution in [0.5, 0.6) is 0 Å². The van der Waals surface area contributed by atoms with E-state index in [2.05, 4.69) is 10.3 Å². The van der Waals surface area contributed by atoms with E-state index in [4.69, 9.17) is 9.47 Å². The molecule has 0 bridgehead atoms. The van der Waals surface area contributed by atoms with Gasteiger partial charge in [0, 0.05) is 24.2 Å². The SMILES string of the molecule is CC(C)C(=O)OC(OC(=O)N[C@@H](Cc1ccccn1)c1ccccc1)C(C)C. The van der Waals surface area contributed by atoms with Gasteiger partial charge < -0.3 is 14.8 Å². The van der Waals surface area contributed by atoms with Crippen LogP contribution < -0.4 is 5.32 Å². The Balaban J connectivity index is 2.09. The maximum Gasteiger partial charge on any atom is 0.410 e. The van der Waals surface area contributed by atoms with Gasteiger partial charge in [-0.2, -0.15) is 0 Å². The fourth-order valence-electron chi connectivity index (χ4n) is 2.49. The van der Waals surface area contributed by atoms with Gasteiger partial charge in [-0.05, 0) is 17.7 Å². The first kappa shape index (κ1) is 21.4. The molecule has 1 amide bonds. The highest BCUT2D eigenvalue weighted by Gasteiger charge is 2.25. The number of benzene rings is 1. The summed E-state index contributed by atoms with van der Waals surface area (Å²) in [5.74, 6) is -0.867. The normalized spacial score (nSPS) is 13.1. The Morgan fingerprint density at radius 3 is 2.21 bits per heavy atom. The highest BCUT2D eigenvalue weighted by Crippen LogP contribution is 2.19. The fourth-order valence-corrected chi connectivity index (χ4v) is 2.49. The van der Waals surface area contributed by atoms with Crippen molar-refractivity contribution in [3.8, 4) is 0 Å². The Morgan fingerprint density at radius 1 is 0.964 bits per heavy atom. The standard InChI is InChI=1S/C22H28N2O4/c1-15(2)20(25)27-21(16(3)4)28-22(26)24-19(17-10-6-5-7-11-17)14-18-12-8-9-13-23-18/h5-13,15-16,19,21H,14H2,1-4H3,(H,24,26)/t19-,21?/m0/s1. The van der Waals surface area contributed by atoms with Crippen molar-refractivity contribution in [3.63, 3.8) is 0 Å². The van der Waals surface area contributed by atoms with Crippen LogP contribution in [0.25, 0.3) is 0 Å². The van der Waals surface area contributed by atoms with Gasteiger partial charge in [0.05, 0.1) is 12.0 Å². The van der Waals surface area contributed by atoms with Crippen molar-refractivity contribution in [2.45, 2.75) is 46.4 Å². The number of esters is 1. The second-order valence-corrected chi connectivity index (χ2v) is 7.24. The zero-order valence-corrected chi connectivity index (χ0v) is 16.8. The number of ether oxygens (including phenoxy) is 2. The number of hydrogen-bond acceptors (Lipinski definition) is 5. The third-order valence-electron chi connectivity index (χ3n) is 4.10. The molecule has 1 aromatic heterocycles. The Hall–Kier alpha value is -2.89. The zero-order chi connectivity index (χ0) is 20.5. The van der Waals surface area contributed by atoms with E-state index in [1.165, 1.54) is 0 Å². The van der Waals surface area contributed by atoms with Crippen molar-refractivity contribution in [2.75, 3.05) is 0 Å². The van der Waals surface area contributed by atoms with E-state index in [0.29, 0.717) is 6.42 Å². The van der Waals surface area contributed by atoms with Crippen LogP contribution in [0.4, 0.5) is 4.79 Å². The lowest BCUT2D eigenvalue weighted by Gasteiger charge is -2.24. The highest BCUT2D eigenvalue weighted by atomic mass is 16.7. The molecule has 2 rings (SSSR count). The summed E-state index contributed by atoms with van der Waals surface area (Å²) in [5.41, 5.74) is 1.79. The lowest BCUT2D eigenvalue weighted by atomic mass is 10.0. The van der Waals surface area contributed by atoms with Gasteiger partial charge in [-0.25, -0.2) is 4.79 Å². The van der Waals surface area contributed by atoms with E-state index >= 15 is 0 Å². The number of hydrogen-bond donors (Lipinski definition) is 1. The summed E-state index contributed by atoms with van der Waals surface area (Å²) in [6.07, 6.45) is 0.648. The summed E-state index contributed by atoms with van der Waals surface area (Å²) < 4.78 is 10.7. The summed E-state index contributed by atoms with van der Waals surface area (Å²) in [4.78, 5) is 28.8. The molecular weight excluding hydrogens is 356 g/mol. The van der Waals surface area contributed by atoms with E-state index in [0.717, 1.165) is 11.3 Å². The molecular formula is C22H28N2O4. The summed E-state index contributed by atoms with van der Waals surface area (Å²) >= 11 is 0. The number of rotatable bonds is 8. The first-order chi connectivity index (χ1) is 13.4. The molecule has 0 aliphatic carbocycles. The third-order valence-corrected chi connectivity index (χ3v) is 4.10. The molecule has 1 aromatic carbocycles. The maximum atomic E-state index is 12.5. The Morgan fingerprint density at radius 2 is 1.64 bits per heavy atom. The number of pyridine rings is 1. The number of carbonyl (C=O) groups excluding carboxylic acids is 2. The van der Waals surface area contributed by atoms with Crippen LogP contribution in [0.15, 0.2) is 54.7 Å². The molecule has 0 saturated carbocycles. The zero-order valence-electron chi connectivity index (χ0n) is 16.8. The van der Waals surface area contributed by atoms with E-state index in [9.17, 15) is 9.59 Å². The quantitative estimate of drug-likeness (QED) is 0.543. The lowest BCUT2D eigenvalue weighted by Crippen LogP contribution is -2.37. The van der Waals surface area contributed by atoms with Gasteiger partial charge in [0.15, 0.2) is 0 Å². The second-order valence-electron chi connectivity index (χ2n) is 7.24. The van der Waals surface area contributed by atoms with Crippen LogP contribution in [-0.4, -0.2) is 23.3 Å². The summed E-state index contributed by atoms with van der Waals surface area (Å²) in [7, 11) is 0. The molecule has 0 aliphatic rings. The van der Waals surface area contributed by atoms with Crippen LogP contribution in [0.3, 0.4) is 0 Å². The van der Waals surface area contributed by atoms with Crippen LogP contribution in [0, 0.1) is 11.8 Å². The van der Waals surface area contributed by atoms with Crippen LogP contribution in [0.1, 0.15) is 45.0 Å². The van der Waals surface area contributed by atoms with E-state index < -0.39 is 18.4 Å². The lowest BCUT2D eigenvalue weighted by molar-refractivity contribution is -0.178. The minimum absolute atomic E-state index is 0.167. The van der Waals surface area contributed by atoms with Crippen molar-refractivity contribution in [1.82, 2.24) is 10.3 Å². The van der Waals surface area contributed by atoms with Crippen molar-refractivity contribution in [2.24, 2.45) is 11.8 Å². The van der Waals surface area contributed by atoms with E-state index in [-0.39, 0.29) is 17.9 Å². The molecule has 6 nitrogen and oxygen atoms in total. The number of aromatic nitrogens is 1. The molecule has 6 heteroatoms. The number of nitrogens with zero attached hydrogens (tertiary/aromatic N) is 1. The predicted molar refractivity (Wildman–Crippen MR) is 106 cm³/mol. The van der Waals surface area contributed by atoms with Gasteiger partial charge in [-0.1, -0.05) is 64.1 Å². The number of amides is 1. The van der Waals surface area contributed by atoms with Crippen LogP contribution in [0.2, 0.25) is 0 Å². The highest BCUT2D eigenvalue weighted by molar-refractivity contribution is 5.72. The molecule has 150 valence electrons. The predicted octanol–water partition coefficient (Wildman–Crippen LogP) is 4.27. The number of alkyl carbamates (subject to hydrolysis) is 1. The van der Waals surface area contributed by atoms with Crippen molar-refractivity contribution < 1.29 is 19.1 Å². The topological polar surface area (TPSA) is 77.5 Å². The molecule has 0 fully saturated rings. The van der Waals surface area contributed by atoms with E-state index in [1.54, 1.807) is 20.0 Å². The van der Waals surface area contributed by atoms with Gasteiger partial charge in [-0.3, -0.25) is 9.78 Å². The monoisotopic (exact) mass is 384 g/mol. The van der Waals surface area contributed by atoms with Crippen molar-refractivity contribution >= 4 is 12.1 Å². The summed E-state index contributed by atoms with van der Waals surface area (Å²) in [6.45, 7) is 7.12. The average molecular weight is 384 g/mol. The smallest absolute Gasteiger partial charge is 0.410 e. The molecule has 0 aliphatic heterocycles. The van der Waals surface area contributed by atoms with Gasteiger partial charge in [0.2, 0.25) is 0 Å². The minimum Gasteiger partial charge on any atom is -0.425 e. The minimum atomic E-state index is -0.943. The Kier molecular flexibility index (Phi) is 7.99. The molecule has 1 heterocycles. The third kappa shape index (κ3) is 6.68. The van der Waals surface area contributed by atoms with Crippen molar-refractivity contribution in [3.05, 3.63) is 66.0 Å². The molecule has 0 spiro atoms. The van der Waals surface area contributed by atoms with Crippen molar-refractivity contribution in [1.29, 1.82) is 0 Å². The molecule has 1 unspecified atom stereocenters. The molecule has 2 atom stereocenters. The van der Waals surface area contributed by atoms with Gasteiger partial charge in [0.1, 0.15) is 0 Å². The molecule has 28 heavy (non-hydrogen) atoms. The average Bonchev–Trinajstić information content (AvgIpc) is 2.68. The van der Waals surface area contributed by atoms with Gasteiger partial charge >= 0.3 is 12.1 Å². The number of nitrogens with one attached hydrogen (secondary N) is 1. The van der Waals surface area contributed by atoms with Crippen LogP contribution in [-0.2, 0) is 20.7 Å². The molecule has 2 aromatic rings. The Labute approximate surface area is 166 Å². The second kappa shape index (κ2) is 10.4. The first-order valence-corrected chi connectivity index (χ1v) is 9.49. The van der Waals surface area contributed by atoms with Crippen LogP contribution >= 0.6 is 0 Å². The first-order valence-electron chi connectivity index (χ1n) is 9.49. The van der Waals surface area contributed by atoms with Gasteiger partial charge in [0.25, 0.3) is 6.29 Å². The number of carbonyl (C=O) groups is 2. The van der Waals surface area contributed by atoms with Gasteiger partial charge in [-0.15, -0.1) is 0 Å². The summed E-state index contributed by atoms with van der Waals surface area (Å²) in [6, 6.07) is 15.0. The Bertz CT molecular complexity index is 748. The maximum absolute atomic E-state index is 12.5. The molecule has 1 N–H and O–H groups in total. The largest absolute Gasteiger partial charge is 0.425 e. The summed E-state index contributed by atoms with van der Waals surface area (Å²) in [5, 5.41) is 2.88. The van der Waals surface area contributed by atoms with E-state index in [1.807, 2.05) is 62.4 Å². The fraction of sp³-hybridized carbons (Fsp3) is 0.409. The molecule has 0 radical (unpaired) electrons. The molecule has 0 saturated heterocycles.